The van der Waals surface area contributed by atoms with E-state index in [-0.39, 0.29) is 37.2 Å². The van der Waals surface area contributed by atoms with Gasteiger partial charge in [0.05, 0.1) is 5.92 Å². The summed E-state index contributed by atoms with van der Waals surface area (Å²) in [5.74, 6) is -1.95. The Morgan fingerprint density at radius 2 is 1.59 bits per heavy atom. The zero-order valence-electron chi connectivity index (χ0n) is 12.8. The van der Waals surface area contributed by atoms with Crippen molar-refractivity contribution in [1.82, 2.24) is 0 Å². The summed E-state index contributed by atoms with van der Waals surface area (Å²) < 4.78 is 0. The average Bonchev–Trinajstić information content (AvgIpc) is 2.35. The van der Waals surface area contributed by atoms with Gasteiger partial charge in [0, 0.05) is 6.42 Å². The predicted octanol–water partition coefficient (Wildman–Crippen LogP) is 1.40. The van der Waals surface area contributed by atoms with Crippen molar-refractivity contribution < 1.29 is 9.59 Å². The van der Waals surface area contributed by atoms with E-state index in [4.69, 9.17) is 17.2 Å². The Morgan fingerprint density at radius 1 is 1.09 bits per heavy atom. The second-order valence-corrected chi connectivity index (χ2v) is 5.65. The summed E-state index contributed by atoms with van der Waals surface area (Å²) in [6, 6.07) is 9.23. The summed E-state index contributed by atoms with van der Waals surface area (Å²) in [6.07, 6.45) is 0.535. The van der Waals surface area contributed by atoms with Crippen LogP contribution in [-0.2, 0) is 16.0 Å². The lowest BCUT2D eigenvalue weighted by Crippen LogP contribution is -2.61. The second kappa shape index (κ2) is 9.79. The van der Waals surface area contributed by atoms with Crippen molar-refractivity contribution >= 4 is 36.5 Å². The fourth-order valence-electron chi connectivity index (χ4n) is 2.17. The molecule has 1 rings (SSSR count). The Morgan fingerprint density at radius 3 is 2.00 bits per heavy atom. The molecular weight excluding hydrogens is 325 g/mol. The van der Waals surface area contributed by atoms with Crippen molar-refractivity contribution in [3.63, 3.8) is 0 Å². The standard InChI is InChI=1S/C15H23N3O2.2ClH/c1-10(2)8-12(14(16)20)13(19)15(17,18)9-11-6-4-3-5-7-11;;/h3-7,10,12H,8-9,17-18H2,1-2H3,(H2,16,20);2*1H/t12-;;/m1../s1. The van der Waals surface area contributed by atoms with Gasteiger partial charge in [-0.05, 0) is 17.9 Å². The number of primary amides is 1. The Bertz CT molecular complexity index is 479. The highest BCUT2D eigenvalue weighted by Gasteiger charge is 2.38. The third-order valence-corrected chi connectivity index (χ3v) is 3.17. The molecule has 0 fully saturated rings. The number of rotatable bonds is 7. The number of hydrogen-bond acceptors (Lipinski definition) is 4. The molecule has 0 heterocycles. The third kappa shape index (κ3) is 6.75. The molecule has 1 atom stereocenters. The number of halogens is 2. The Hall–Kier alpha value is -1.14. The van der Waals surface area contributed by atoms with Crippen molar-refractivity contribution in [1.29, 1.82) is 0 Å². The van der Waals surface area contributed by atoms with Gasteiger partial charge in [-0.25, -0.2) is 0 Å². The van der Waals surface area contributed by atoms with Crippen LogP contribution in [0.2, 0.25) is 0 Å². The number of Topliss-reactive ketones (excluding diaryl/α,β-unsaturated/α-hetero) is 1. The molecule has 22 heavy (non-hydrogen) atoms. The first kappa shape index (κ1) is 23.1. The Labute approximate surface area is 143 Å². The first-order valence-electron chi connectivity index (χ1n) is 6.69. The molecule has 0 bridgehead atoms. The SMILES string of the molecule is CC(C)C[C@@H](C(N)=O)C(=O)C(N)(N)Cc1ccccc1.Cl.Cl. The van der Waals surface area contributed by atoms with Gasteiger partial charge in [0.2, 0.25) is 5.91 Å². The number of amides is 1. The highest BCUT2D eigenvalue weighted by atomic mass is 35.5. The number of ketones is 1. The van der Waals surface area contributed by atoms with Crippen LogP contribution in [0.25, 0.3) is 0 Å². The van der Waals surface area contributed by atoms with E-state index in [1.807, 2.05) is 44.2 Å². The van der Waals surface area contributed by atoms with Crippen LogP contribution in [0.15, 0.2) is 30.3 Å². The second-order valence-electron chi connectivity index (χ2n) is 5.65. The van der Waals surface area contributed by atoms with E-state index < -0.39 is 23.3 Å². The van der Waals surface area contributed by atoms with Crippen molar-refractivity contribution in [3.05, 3.63) is 35.9 Å². The van der Waals surface area contributed by atoms with Gasteiger partial charge in [0.15, 0.2) is 5.78 Å². The van der Waals surface area contributed by atoms with Crippen LogP contribution in [0, 0.1) is 11.8 Å². The molecule has 126 valence electrons. The molecule has 7 heteroatoms. The minimum Gasteiger partial charge on any atom is -0.369 e. The molecular formula is C15H25Cl2N3O2. The number of carbonyl (C=O) groups is 2. The molecule has 0 unspecified atom stereocenters. The minimum atomic E-state index is -1.59. The Kier molecular flexibility index (Phi) is 10.3. The van der Waals surface area contributed by atoms with Crippen LogP contribution in [-0.4, -0.2) is 17.4 Å². The van der Waals surface area contributed by atoms with Gasteiger partial charge >= 0.3 is 0 Å². The van der Waals surface area contributed by atoms with Gasteiger partial charge in [-0.15, -0.1) is 24.8 Å². The highest BCUT2D eigenvalue weighted by Crippen LogP contribution is 2.18. The summed E-state index contributed by atoms with van der Waals surface area (Å²) in [4.78, 5) is 23.9. The lowest BCUT2D eigenvalue weighted by Gasteiger charge is -2.27. The lowest BCUT2D eigenvalue weighted by atomic mass is 9.84. The van der Waals surface area contributed by atoms with Crippen molar-refractivity contribution in [3.8, 4) is 0 Å². The smallest absolute Gasteiger partial charge is 0.228 e. The van der Waals surface area contributed by atoms with Crippen LogP contribution in [0.3, 0.4) is 0 Å². The molecule has 0 saturated heterocycles. The first-order chi connectivity index (χ1) is 9.24. The summed E-state index contributed by atoms with van der Waals surface area (Å²) in [6.45, 7) is 3.82. The third-order valence-electron chi connectivity index (χ3n) is 3.17. The first-order valence-corrected chi connectivity index (χ1v) is 6.69. The number of hydrogen-bond donors (Lipinski definition) is 3. The molecule has 0 aliphatic carbocycles. The van der Waals surface area contributed by atoms with E-state index in [9.17, 15) is 9.59 Å². The van der Waals surface area contributed by atoms with Gasteiger partial charge in [-0.2, -0.15) is 0 Å². The molecule has 6 N–H and O–H groups in total. The molecule has 1 amide bonds. The van der Waals surface area contributed by atoms with E-state index in [1.165, 1.54) is 0 Å². The van der Waals surface area contributed by atoms with E-state index >= 15 is 0 Å². The average molecular weight is 350 g/mol. The van der Waals surface area contributed by atoms with Crippen LogP contribution in [0.5, 0.6) is 0 Å². The van der Waals surface area contributed by atoms with Gasteiger partial charge < -0.3 is 17.2 Å². The molecule has 0 radical (unpaired) electrons. The van der Waals surface area contributed by atoms with Crippen molar-refractivity contribution in [2.75, 3.05) is 0 Å². The number of carbonyl (C=O) groups excluding carboxylic acids is 2. The minimum absolute atomic E-state index is 0. The monoisotopic (exact) mass is 349 g/mol. The van der Waals surface area contributed by atoms with E-state index in [0.717, 1.165) is 5.56 Å². The molecule has 0 aliphatic heterocycles. The highest BCUT2D eigenvalue weighted by molar-refractivity contribution is 6.05. The molecule has 0 saturated carbocycles. The zero-order chi connectivity index (χ0) is 15.3. The van der Waals surface area contributed by atoms with Gasteiger partial charge in [0.1, 0.15) is 5.66 Å². The molecule has 0 spiro atoms. The fraction of sp³-hybridized carbons (Fsp3) is 0.467. The maximum Gasteiger partial charge on any atom is 0.228 e. The molecule has 1 aromatic carbocycles. The van der Waals surface area contributed by atoms with Crippen LogP contribution < -0.4 is 17.2 Å². The van der Waals surface area contributed by atoms with Crippen LogP contribution >= 0.6 is 24.8 Å². The topological polar surface area (TPSA) is 112 Å². The number of benzene rings is 1. The van der Waals surface area contributed by atoms with Gasteiger partial charge in [0.25, 0.3) is 0 Å². The van der Waals surface area contributed by atoms with Crippen molar-refractivity contribution in [2.24, 2.45) is 29.0 Å². The Balaban J connectivity index is 0. The van der Waals surface area contributed by atoms with Crippen molar-refractivity contribution in [2.45, 2.75) is 32.4 Å². The van der Waals surface area contributed by atoms with E-state index in [0.29, 0.717) is 6.42 Å². The van der Waals surface area contributed by atoms with E-state index in [2.05, 4.69) is 0 Å². The predicted molar refractivity (Wildman–Crippen MR) is 92.9 cm³/mol. The zero-order valence-corrected chi connectivity index (χ0v) is 14.5. The molecule has 1 aromatic rings. The number of nitrogens with two attached hydrogens (primary N) is 3. The maximum atomic E-state index is 12.4. The van der Waals surface area contributed by atoms with Gasteiger partial charge in [-0.1, -0.05) is 44.2 Å². The summed E-state index contributed by atoms with van der Waals surface area (Å²) in [5, 5.41) is 0. The maximum absolute atomic E-state index is 12.4. The summed E-state index contributed by atoms with van der Waals surface area (Å²) >= 11 is 0. The largest absolute Gasteiger partial charge is 0.369 e. The normalized spacial score (nSPS) is 12.0. The fourth-order valence-corrected chi connectivity index (χ4v) is 2.17. The lowest BCUT2D eigenvalue weighted by molar-refractivity contribution is -0.136. The molecule has 0 aromatic heterocycles. The van der Waals surface area contributed by atoms with Crippen LogP contribution in [0.4, 0.5) is 0 Å². The van der Waals surface area contributed by atoms with Crippen LogP contribution in [0.1, 0.15) is 25.8 Å². The molecule has 0 aliphatic rings. The quantitative estimate of drug-likeness (QED) is 0.510. The summed E-state index contributed by atoms with van der Waals surface area (Å²) in [5.41, 5.74) is 16.4. The molecule has 5 nitrogen and oxygen atoms in total. The van der Waals surface area contributed by atoms with Gasteiger partial charge in [-0.3, -0.25) is 9.59 Å². The summed E-state index contributed by atoms with van der Waals surface area (Å²) in [7, 11) is 0. The van der Waals surface area contributed by atoms with E-state index in [1.54, 1.807) is 0 Å².